The van der Waals surface area contributed by atoms with Crippen molar-refractivity contribution in [1.29, 1.82) is 0 Å². The van der Waals surface area contributed by atoms with Crippen molar-refractivity contribution in [3.8, 4) is 5.69 Å². The minimum absolute atomic E-state index is 0.0715. The van der Waals surface area contributed by atoms with Gasteiger partial charge in [-0.1, -0.05) is 20.8 Å². The minimum Gasteiger partial charge on any atom is -0.394 e. The molecule has 0 aliphatic rings. The van der Waals surface area contributed by atoms with Crippen molar-refractivity contribution in [3.05, 3.63) is 52.6 Å². The molecule has 1 heterocycles. The fourth-order valence-electron chi connectivity index (χ4n) is 2.60. The summed E-state index contributed by atoms with van der Waals surface area (Å²) in [6.07, 6.45) is 5.15. The molecule has 2 rings (SSSR count). The molecule has 2 N–H and O–H groups in total. The summed E-state index contributed by atoms with van der Waals surface area (Å²) in [6, 6.07) is 3.84. The average molecular weight is 346 g/mol. The molecule has 0 bridgehead atoms. The normalized spacial score (nSPS) is 12.6. The first-order valence-electron chi connectivity index (χ1n) is 7.90. The van der Waals surface area contributed by atoms with Gasteiger partial charge in [-0.15, -0.1) is 0 Å². The van der Waals surface area contributed by atoms with Crippen molar-refractivity contribution < 1.29 is 14.8 Å². The summed E-state index contributed by atoms with van der Waals surface area (Å²) in [5.41, 5.74) is 0.232. The molecular weight excluding hydrogens is 324 g/mol. The van der Waals surface area contributed by atoms with E-state index < -0.39 is 16.9 Å². The number of hydrogen-bond acceptors (Lipinski definition) is 5. The standard InChI is InChI=1S/C17H22N4O4/c1-17(2,3)9-13(10-22)19-16(23)12-4-5-14(15(8-12)21(24)25)20-7-6-18-11-20/h4-8,11,13,22H,9-10H2,1-3H3,(H,19,23). The maximum Gasteiger partial charge on any atom is 0.294 e. The van der Waals surface area contributed by atoms with Gasteiger partial charge < -0.3 is 15.0 Å². The maximum absolute atomic E-state index is 12.4. The number of benzene rings is 1. The highest BCUT2D eigenvalue weighted by Gasteiger charge is 2.23. The summed E-state index contributed by atoms with van der Waals surface area (Å²) in [4.78, 5) is 27.1. The number of nitrogens with one attached hydrogen (secondary N) is 1. The fourth-order valence-corrected chi connectivity index (χ4v) is 2.60. The number of nitro groups is 1. The molecule has 0 spiro atoms. The number of aliphatic hydroxyl groups is 1. The summed E-state index contributed by atoms with van der Waals surface area (Å²) in [6.45, 7) is 5.82. The number of nitro benzene ring substituents is 1. The van der Waals surface area contributed by atoms with Gasteiger partial charge in [-0.25, -0.2) is 4.98 Å². The zero-order valence-electron chi connectivity index (χ0n) is 14.5. The van der Waals surface area contributed by atoms with Crippen LogP contribution in [0, 0.1) is 15.5 Å². The summed E-state index contributed by atoms with van der Waals surface area (Å²) in [5, 5.41) is 23.6. The fraction of sp³-hybridized carbons (Fsp3) is 0.412. The molecule has 0 fully saturated rings. The lowest BCUT2D eigenvalue weighted by Gasteiger charge is -2.25. The second-order valence-electron chi connectivity index (χ2n) is 7.05. The smallest absolute Gasteiger partial charge is 0.294 e. The number of imidazole rings is 1. The van der Waals surface area contributed by atoms with Gasteiger partial charge >= 0.3 is 0 Å². The Morgan fingerprint density at radius 2 is 2.16 bits per heavy atom. The van der Waals surface area contributed by atoms with Crippen molar-refractivity contribution in [3.63, 3.8) is 0 Å². The first kappa shape index (κ1) is 18.6. The van der Waals surface area contributed by atoms with Gasteiger partial charge in [0.25, 0.3) is 11.6 Å². The largest absolute Gasteiger partial charge is 0.394 e. The Kier molecular flexibility index (Phi) is 5.53. The summed E-state index contributed by atoms with van der Waals surface area (Å²) in [7, 11) is 0. The van der Waals surface area contributed by atoms with Crippen molar-refractivity contribution >= 4 is 11.6 Å². The lowest BCUT2D eigenvalue weighted by Crippen LogP contribution is -2.40. The molecular formula is C17H22N4O4. The zero-order chi connectivity index (χ0) is 18.6. The Balaban J connectivity index is 2.26. The Bertz CT molecular complexity index is 751. The van der Waals surface area contributed by atoms with Crippen molar-refractivity contribution in [2.75, 3.05) is 6.61 Å². The topological polar surface area (TPSA) is 110 Å². The molecule has 25 heavy (non-hydrogen) atoms. The van der Waals surface area contributed by atoms with Crippen LogP contribution in [0.25, 0.3) is 5.69 Å². The molecule has 134 valence electrons. The van der Waals surface area contributed by atoms with Crippen LogP contribution in [0.3, 0.4) is 0 Å². The molecule has 0 aliphatic carbocycles. The van der Waals surface area contributed by atoms with Gasteiger partial charge in [0.05, 0.1) is 23.9 Å². The van der Waals surface area contributed by atoms with Crippen LogP contribution in [-0.4, -0.2) is 38.1 Å². The van der Waals surface area contributed by atoms with E-state index in [0.717, 1.165) is 0 Å². The second-order valence-corrected chi connectivity index (χ2v) is 7.05. The molecule has 8 nitrogen and oxygen atoms in total. The number of hydrogen-bond donors (Lipinski definition) is 2. The molecule has 1 amide bonds. The van der Waals surface area contributed by atoms with Gasteiger partial charge in [0.1, 0.15) is 5.69 Å². The summed E-state index contributed by atoms with van der Waals surface area (Å²) in [5.74, 6) is -0.455. The van der Waals surface area contributed by atoms with Crippen LogP contribution < -0.4 is 5.32 Å². The first-order chi connectivity index (χ1) is 11.7. The highest BCUT2D eigenvalue weighted by Crippen LogP contribution is 2.25. The van der Waals surface area contributed by atoms with Crippen LogP contribution in [0.2, 0.25) is 0 Å². The first-order valence-corrected chi connectivity index (χ1v) is 7.90. The third-order valence-electron chi connectivity index (χ3n) is 3.63. The number of carbonyl (C=O) groups excluding carboxylic acids is 1. The molecule has 0 aliphatic heterocycles. The molecule has 0 saturated heterocycles. The van der Waals surface area contributed by atoms with E-state index in [1.807, 2.05) is 20.8 Å². The predicted octanol–water partition coefficient (Wildman–Crippen LogP) is 2.31. The highest BCUT2D eigenvalue weighted by atomic mass is 16.6. The van der Waals surface area contributed by atoms with Crippen LogP contribution in [0.1, 0.15) is 37.6 Å². The van der Waals surface area contributed by atoms with Gasteiger partial charge in [0.15, 0.2) is 0 Å². The van der Waals surface area contributed by atoms with Crippen molar-refractivity contribution in [1.82, 2.24) is 14.9 Å². The number of nitrogens with zero attached hydrogens (tertiary/aromatic N) is 3. The third kappa shape index (κ3) is 4.87. The molecule has 1 atom stereocenters. The van der Waals surface area contributed by atoms with E-state index in [2.05, 4.69) is 10.3 Å². The SMILES string of the molecule is CC(C)(C)CC(CO)NC(=O)c1ccc(-n2ccnc2)c([N+](=O)[O-])c1. The quantitative estimate of drug-likeness (QED) is 0.616. The highest BCUT2D eigenvalue weighted by molar-refractivity contribution is 5.95. The molecule has 1 aromatic heterocycles. The van der Waals surface area contributed by atoms with E-state index in [0.29, 0.717) is 12.1 Å². The van der Waals surface area contributed by atoms with E-state index in [1.54, 1.807) is 6.20 Å². The van der Waals surface area contributed by atoms with E-state index >= 15 is 0 Å². The van der Waals surface area contributed by atoms with Crippen LogP contribution in [0.4, 0.5) is 5.69 Å². The Morgan fingerprint density at radius 3 is 2.68 bits per heavy atom. The maximum atomic E-state index is 12.4. The number of aromatic nitrogens is 2. The van der Waals surface area contributed by atoms with Gasteiger partial charge in [0.2, 0.25) is 0 Å². The van der Waals surface area contributed by atoms with Crippen LogP contribution in [0.15, 0.2) is 36.9 Å². The van der Waals surface area contributed by atoms with Crippen LogP contribution in [0.5, 0.6) is 0 Å². The Hall–Kier alpha value is -2.74. The number of amides is 1. The van der Waals surface area contributed by atoms with Crippen molar-refractivity contribution in [2.24, 2.45) is 5.41 Å². The monoisotopic (exact) mass is 346 g/mol. The molecule has 0 radical (unpaired) electrons. The summed E-state index contributed by atoms with van der Waals surface area (Å²) >= 11 is 0. The van der Waals surface area contributed by atoms with Crippen molar-refractivity contribution in [2.45, 2.75) is 33.2 Å². The second kappa shape index (κ2) is 7.43. The van der Waals surface area contributed by atoms with Gasteiger partial charge in [0, 0.05) is 24.0 Å². The van der Waals surface area contributed by atoms with E-state index in [4.69, 9.17) is 0 Å². The molecule has 0 saturated carbocycles. The Morgan fingerprint density at radius 1 is 1.44 bits per heavy atom. The Labute approximate surface area is 145 Å². The molecule has 1 aromatic carbocycles. The molecule has 2 aromatic rings. The van der Waals surface area contributed by atoms with E-state index in [1.165, 1.54) is 35.3 Å². The number of carbonyl (C=O) groups is 1. The lowest BCUT2D eigenvalue weighted by atomic mass is 9.88. The lowest BCUT2D eigenvalue weighted by molar-refractivity contribution is -0.384. The van der Waals surface area contributed by atoms with E-state index in [-0.39, 0.29) is 23.3 Å². The molecule has 8 heteroatoms. The predicted molar refractivity (Wildman–Crippen MR) is 92.6 cm³/mol. The van der Waals surface area contributed by atoms with Gasteiger partial charge in [-0.2, -0.15) is 0 Å². The zero-order valence-corrected chi connectivity index (χ0v) is 14.5. The van der Waals surface area contributed by atoms with Gasteiger partial charge in [-0.3, -0.25) is 14.9 Å². The number of aliphatic hydroxyl groups excluding tert-OH is 1. The summed E-state index contributed by atoms with van der Waals surface area (Å²) < 4.78 is 1.51. The van der Waals surface area contributed by atoms with Crippen LogP contribution >= 0.6 is 0 Å². The average Bonchev–Trinajstić information content (AvgIpc) is 3.06. The molecule has 1 unspecified atom stereocenters. The van der Waals surface area contributed by atoms with Gasteiger partial charge in [-0.05, 0) is 24.0 Å². The van der Waals surface area contributed by atoms with Crippen LogP contribution in [-0.2, 0) is 0 Å². The minimum atomic E-state index is -0.537. The third-order valence-corrected chi connectivity index (χ3v) is 3.63. The number of rotatable bonds is 6. The van der Waals surface area contributed by atoms with E-state index in [9.17, 15) is 20.0 Å².